The first-order chi connectivity index (χ1) is 10.4. The van der Waals surface area contributed by atoms with Crippen molar-refractivity contribution in [2.24, 2.45) is 5.73 Å². The van der Waals surface area contributed by atoms with Gasteiger partial charge in [0.2, 0.25) is 0 Å². The van der Waals surface area contributed by atoms with Crippen molar-refractivity contribution < 1.29 is 9.90 Å². The van der Waals surface area contributed by atoms with Crippen molar-refractivity contribution in [3.63, 3.8) is 0 Å². The Bertz CT molecular complexity index is 749. The Balaban J connectivity index is 2.82. The van der Waals surface area contributed by atoms with Gasteiger partial charge in [0.05, 0.1) is 0 Å². The minimum atomic E-state index is -0.688. The molecular weight excluding hydrogens is 292 g/mol. The van der Waals surface area contributed by atoms with Gasteiger partial charge in [-0.25, -0.2) is 0 Å². The van der Waals surface area contributed by atoms with Crippen LogP contribution >= 0.6 is 0 Å². The number of phenolic OH excluding ortho intramolecular Hbond substituents is 1. The van der Waals surface area contributed by atoms with Gasteiger partial charge in [0.25, 0.3) is 5.91 Å². The number of carbonyl (C=O) groups excluding carboxylic acids is 1. The fraction of sp³-hybridized carbons (Fsp3) is 0.471. The molecule has 0 spiro atoms. The molecule has 2 rings (SSSR count). The molecular formula is C17H24N4O2. The van der Waals surface area contributed by atoms with Crippen molar-refractivity contribution in [2.75, 3.05) is 0 Å². The van der Waals surface area contributed by atoms with Gasteiger partial charge in [-0.2, -0.15) is 15.4 Å². The van der Waals surface area contributed by atoms with Gasteiger partial charge in [-0.15, -0.1) is 0 Å². The van der Waals surface area contributed by atoms with Crippen LogP contribution in [0.25, 0.3) is 11.3 Å². The number of phenols is 1. The van der Waals surface area contributed by atoms with E-state index in [-0.39, 0.29) is 28.0 Å². The molecule has 0 saturated carbocycles. The Kier molecular flexibility index (Phi) is 3.96. The molecule has 1 amide bonds. The average Bonchev–Trinajstić information content (AvgIpc) is 2.85. The minimum absolute atomic E-state index is 0.0196. The Morgan fingerprint density at radius 2 is 1.70 bits per heavy atom. The van der Waals surface area contributed by atoms with Crippen molar-refractivity contribution in [3.8, 4) is 17.0 Å². The maximum absolute atomic E-state index is 11.5. The first-order valence-corrected chi connectivity index (χ1v) is 7.52. The number of hydrogen-bond acceptors (Lipinski definition) is 4. The highest BCUT2D eigenvalue weighted by molar-refractivity contribution is 5.97. The van der Waals surface area contributed by atoms with E-state index >= 15 is 0 Å². The molecule has 124 valence electrons. The van der Waals surface area contributed by atoms with Crippen LogP contribution in [0.3, 0.4) is 0 Å². The number of benzene rings is 1. The minimum Gasteiger partial charge on any atom is -0.507 e. The van der Waals surface area contributed by atoms with Crippen LogP contribution in [-0.2, 0) is 10.8 Å². The fourth-order valence-corrected chi connectivity index (χ4v) is 2.41. The number of aromatic nitrogens is 3. The zero-order valence-electron chi connectivity index (χ0n) is 14.5. The standard InChI is InChI=1S/C17H24N4O2/c1-16(2,3)9-7-10(12-13(15(18)23)20-21-19-12)14(22)11(8-9)17(4,5)6/h7-8,22H,1-6H3,(H2,18,23)(H,19,20,21). The second-order valence-electron chi connectivity index (χ2n) is 7.81. The smallest absolute Gasteiger partial charge is 0.271 e. The lowest BCUT2D eigenvalue weighted by molar-refractivity contribution is 0.0996. The van der Waals surface area contributed by atoms with Gasteiger partial charge in [-0.05, 0) is 22.5 Å². The second kappa shape index (κ2) is 5.37. The summed E-state index contributed by atoms with van der Waals surface area (Å²) in [6, 6.07) is 3.84. The molecule has 0 radical (unpaired) electrons. The predicted octanol–water partition coefficient (Wildman–Crippen LogP) is 2.87. The van der Waals surface area contributed by atoms with Crippen LogP contribution in [0, 0.1) is 0 Å². The molecule has 6 heteroatoms. The largest absolute Gasteiger partial charge is 0.507 e. The van der Waals surface area contributed by atoms with Gasteiger partial charge >= 0.3 is 0 Å². The number of aromatic amines is 1. The van der Waals surface area contributed by atoms with Crippen molar-refractivity contribution in [2.45, 2.75) is 52.4 Å². The van der Waals surface area contributed by atoms with E-state index in [1.165, 1.54) is 0 Å². The maximum Gasteiger partial charge on any atom is 0.271 e. The molecule has 1 aromatic carbocycles. The van der Waals surface area contributed by atoms with Crippen LogP contribution in [0.1, 0.15) is 63.2 Å². The first-order valence-electron chi connectivity index (χ1n) is 7.52. The number of aromatic hydroxyl groups is 1. The van der Waals surface area contributed by atoms with Gasteiger partial charge in [-0.3, -0.25) is 4.79 Å². The number of hydrogen-bond donors (Lipinski definition) is 3. The topological polar surface area (TPSA) is 105 Å². The summed E-state index contributed by atoms with van der Waals surface area (Å²) in [6.45, 7) is 12.3. The second-order valence-corrected chi connectivity index (χ2v) is 7.81. The van der Waals surface area contributed by atoms with Gasteiger partial charge in [0.1, 0.15) is 11.4 Å². The molecule has 0 aliphatic carbocycles. The molecule has 6 nitrogen and oxygen atoms in total. The van der Waals surface area contributed by atoms with Gasteiger partial charge in [0, 0.05) is 11.1 Å². The first kappa shape index (κ1) is 17.0. The van der Waals surface area contributed by atoms with E-state index in [2.05, 4.69) is 36.2 Å². The van der Waals surface area contributed by atoms with Crippen LogP contribution in [0.15, 0.2) is 12.1 Å². The van der Waals surface area contributed by atoms with E-state index in [9.17, 15) is 9.90 Å². The highest BCUT2D eigenvalue weighted by Crippen LogP contribution is 2.41. The summed E-state index contributed by atoms with van der Waals surface area (Å²) in [4.78, 5) is 11.5. The maximum atomic E-state index is 11.5. The van der Waals surface area contributed by atoms with E-state index in [1.54, 1.807) is 0 Å². The number of nitrogens with zero attached hydrogens (tertiary/aromatic N) is 2. The number of rotatable bonds is 2. The summed E-state index contributed by atoms with van der Waals surface area (Å²) < 4.78 is 0. The fourth-order valence-electron chi connectivity index (χ4n) is 2.41. The van der Waals surface area contributed by atoms with Crippen LogP contribution in [0.4, 0.5) is 0 Å². The van der Waals surface area contributed by atoms with Crippen molar-refractivity contribution in [1.82, 2.24) is 15.4 Å². The van der Waals surface area contributed by atoms with E-state index in [0.29, 0.717) is 5.56 Å². The summed E-state index contributed by atoms with van der Waals surface area (Å²) in [5, 5.41) is 21.0. The van der Waals surface area contributed by atoms with Gasteiger partial charge in [-0.1, -0.05) is 47.6 Å². The number of nitrogens with one attached hydrogen (secondary N) is 1. The summed E-state index contributed by atoms with van der Waals surface area (Å²) in [6.07, 6.45) is 0. The SMILES string of the molecule is CC(C)(C)c1cc(-c2n[nH]nc2C(N)=O)c(O)c(C(C)(C)C)c1. The Morgan fingerprint density at radius 1 is 1.09 bits per heavy atom. The van der Waals surface area contributed by atoms with E-state index in [1.807, 2.05) is 32.9 Å². The van der Waals surface area contributed by atoms with Crippen molar-refractivity contribution in [1.29, 1.82) is 0 Å². The predicted molar refractivity (Wildman–Crippen MR) is 89.4 cm³/mol. The molecule has 1 heterocycles. The Labute approximate surface area is 136 Å². The lowest BCUT2D eigenvalue weighted by Crippen LogP contribution is -2.17. The molecule has 2 aromatic rings. The zero-order valence-corrected chi connectivity index (χ0v) is 14.5. The number of carbonyl (C=O) groups is 1. The molecule has 1 aromatic heterocycles. The van der Waals surface area contributed by atoms with E-state index in [0.717, 1.165) is 11.1 Å². The normalized spacial score (nSPS) is 12.4. The molecule has 0 unspecified atom stereocenters. The van der Waals surface area contributed by atoms with Crippen molar-refractivity contribution in [3.05, 3.63) is 29.0 Å². The quantitative estimate of drug-likeness (QED) is 0.792. The molecule has 0 atom stereocenters. The third kappa shape index (κ3) is 3.21. The van der Waals surface area contributed by atoms with Crippen molar-refractivity contribution >= 4 is 5.91 Å². The molecule has 0 bridgehead atoms. The summed E-state index contributed by atoms with van der Waals surface area (Å²) in [5.41, 5.74) is 7.54. The lowest BCUT2D eigenvalue weighted by Gasteiger charge is -2.27. The van der Waals surface area contributed by atoms with Crippen LogP contribution in [0.5, 0.6) is 5.75 Å². The molecule has 0 aliphatic rings. The molecule has 0 aliphatic heterocycles. The van der Waals surface area contributed by atoms with Gasteiger partial charge < -0.3 is 10.8 Å². The molecule has 0 fully saturated rings. The third-order valence-corrected chi connectivity index (χ3v) is 3.82. The number of H-pyrrole nitrogens is 1. The van der Waals surface area contributed by atoms with E-state index in [4.69, 9.17) is 5.73 Å². The summed E-state index contributed by atoms with van der Waals surface area (Å²) in [5.74, 6) is -0.589. The lowest BCUT2D eigenvalue weighted by atomic mass is 9.78. The number of nitrogens with two attached hydrogens (primary N) is 1. The monoisotopic (exact) mass is 316 g/mol. The highest BCUT2D eigenvalue weighted by Gasteiger charge is 2.28. The van der Waals surface area contributed by atoms with Crippen LogP contribution in [-0.4, -0.2) is 26.4 Å². The molecule has 0 saturated heterocycles. The number of primary amides is 1. The zero-order chi connectivity index (χ0) is 17.6. The van der Waals surface area contributed by atoms with Crippen LogP contribution < -0.4 is 5.73 Å². The summed E-state index contributed by atoms with van der Waals surface area (Å²) >= 11 is 0. The Morgan fingerprint density at radius 3 is 2.17 bits per heavy atom. The molecule has 23 heavy (non-hydrogen) atoms. The average molecular weight is 316 g/mol. The van der Waals surface area contributed by atoms with E-state index < -0.39 is 5.91 Å². The summed E-state index contributed by atoms with van der Waals surface area (Å²) in [7, 11) is 0. The highest BCUT2D eigenvalue weighted by atomic mass is 16.3. The van der Waals surface area contributed by atoms with Gasteiger partial charge in [0.15, 0.2) is 5.69 Å². The Hall–Kier alpha value is -2.37. The number of amides is 1. The van der Waals surface area contributed by atoms with Crippen LogP contribution in [0.2, 0.25) is 0 Å². The molecule has 4 N–H and O–H groups in total. The third-order valence-electron chi connectivity index (χ3n) is 3.82.